The monoisotopic (exact) mass is 905 g/mol. The van der Waals surface area contributed by atoms with Gasteiger partial charge in [0, 0.05) is 19.3 Å². The van der Waals surface area contributed by atoms with Crippen molar-refractivity contribution in [1.29, 1.82) is 0 Å². The summed E-state index contributed by atoms with van der Waals surface area (Å²) in [6.07, 6.45) is 59.5. The molecule has 0 N–H and O–H groups in total. The standard InChI is InChI=1S/C58H112O6/c1-4-7-10-13-16-19-22-25-26-27-28-29-30-31-34-36-39-42-45-48-51-57(60)63-54-55(64-58(61)52-49-46-43-40-37-33-24-21-18-15-12-9-6-3)53-62-56(59)50-47-44-41-38-35-32-23-20-17-14-11-8-5-2/h55H,4-54H2,1-3H3. The lowest BCUT2D eigenvalue weighted by molar-refractivity contribution is -0.167. The molecule has 1 atom stereocenters. The molecule has 0 saturated heterocycles. The molecular formula is C58H112O6. The van der Waals surface area contributed by atoms with Crippen molar-refractivity contribution in [2.75, 3.05) is 13.2 Å². The van der Waals surface area contributed by atoms with E-state index in [1.165, 1.54) is 238 Å². The Morgan fingerprint density at radius 2 is 0.422 bits per heavy atom. The fourth-order valence-corrected chi connectivity index (χ4v) is 8.98. The molecule has 0 fully saturated rings. The van der Waals surface area contributed by atoms with Crippen LogP contribution < -0.4 is 0 Å². The highest BCUT2D eigenvalue weighted by atomic mass is 16.6. The quantitative estimate of drug-likeness (QED) is 0.0344. The van der Waals surface area contributed by atoms with Gasteiger partial charge in [-0.2, -0.15) is 0 Å². The van der Waals surface area contributed by atoms with Crippen LogP contribution in [-0.2, 0) is 28.6 Å². The minimum absolute atomic E-state index is 0.0611. The van der Waals surface area contributed by atoms with Gasteiger partial charge in [-0.1, -0.05) is 297 Å². The molecule has 0 radical (unpaired) electrons. The highest BCUT2D eigenvalue weighted by molar-refractivity contribution is 5.71. The summed E-state index contributed by atoms with van der Waals surface area (Å²) in [5.74, 6) is -0.833. The van der Waals surface area contributed by atoms with E-state index in [-0.39, 0.29) is 31.1 Å². The van der Waals surface area contributed by atoms with Gasteiger partial charge in [-0.05, 0) is 19.3 Å². The van der Waals surface area contributed by atoms with E-state index in [4.69, 9.17) is 14.2 Å². The zero-order valence-corrected chi connectivity index (χ0v) is 43.6. The van der Waals surface area contributed by atoms with Crippen LogP contribution in [0.25, 0.3) is 0 Å². The minimum Gasteiger partial charge on any atom is -0.462 e. The van der Waals surface area contributed by atoms with E-state index in [1.807, 2.05) is 0 Å². The first kappa shape index (κ1) is 62.4. The van der Waals surface area contributed by atoms with Gasteiger partial charge in [-0.25, -0.2) is 0 Å². The molecule has 0 spiro atoms. The zero-order chi connectivity index (χ0) is 46.5. The molecule has 0 heterocycles. The van der Waals surface area contributed by atoms with Gasteiger partial charge in [-0.3, -0.25) is 14.4 Å². The number of hydrogen-bond acceptors (Lipinski definition) is 6. The first-order chi connectivity index (χ1) is 31.5. The predicted molar refractivity (Wildman–Crippen MR) is 275 cm³/mol. The van der Waals surface area contributed by atoms with E-state index in [0.717, 1.165) is 57.8 Å². The summed E-state index contributed by atoms with van der Waals surface area (Å²) in [5.41, 5.74) is 0. The van der Waals surface area contributed by atoms with Crippen LogP contribution in [-0.4, -0.2) is 37.2 Å². The van der Waals surface area contributed by atoms with Crippen molar-refractivity contribution in [2.24, 2.45) is 0 Å². The lowest BCUT2D eigenvalue weighted by atomic mass is 10.0. The van der Waals surface area contributed by atoms with Crippen molar-refractivity contribution in [3.8, 4) is 0 Å². The van der Waals surface area contributed by atoms with Crippen molar-refractivity contribution >= 4 is 17.9 Å². The Hall–Kier alpha value is -1.59. The number of unbranched alkanes of at least 4 members (excludes halogenated alkanes) is 43. The van der Waals surface area contributed by atoms with E-state index in [9.17, 15) is 14.4 Å². The molecule has 0 aliphatic carbocycles. The summed E-state index contributed by atoms with van der Waals surface area (Å²) in [6.45, 7) is 6.70. The second-order valence-electron chi connectivity index (χ2n) is 19.9. The third-order valence-electron chi connectivity index (χ3n) is 13.4. The lowest BCUT2D eigenvalue weighted by Gasteiger charge is -2.18. The van der Waals surface area contributed by atoms with Gasteiger partial charge in [0.1, 0.15) is 13.2 Å². The highest BCUT2D eigenvalue weighted by Gasteiger charge is 2.19. The third kappa shape index (κ3) is 51.4. The number of hydrogen-bond donors (Lipinski definition) is 0. The van der Waals surface area contributed by atoms with Gasteiger partial charge < -0.3 is 14.2 Å². The number of esters is 3. The van der Waals surface area contributed by atoms with E-state index in [0.29, 0.717) is 19.3 Å². The average Bonchev–Trinajstić information content (AvgIpc) is 3.29. The van der Waals surface area contributed by atoms with Crippen LogP contribution in [0.2, 0.25) is 0 Å². The summed E-state index contributed by atoms with van der Waals surface area (Å²) in [5, 5.41) is 0. The normalized spacial score (nSPS) is 11.9. The number of ether oxygens (including phenoxy) is 3. The molecule has 0 aromatic rings. The molecule has 0 aromatic carbocycles. The second kappa shape index (κ2) is 54.0. The number of rotatable bonds is 54. The fourth-order valence-electron chi connectivity index (χ4n) is 8.98. The van der Waals surface area contributed by atoms with E-state index in [1.54, 1.807) is 0 Å². The molecule has 0 aliphatic heterocycles. The van der Waals surface area contributed by atoms with Gasteiger partial charge in [0.2, 0.25) is 0 Å². The Bertz CT molecular complexity index is 951. The molecule has 0 aliphatic rings. The number of carbonyl (C=O) groups is 3. The van der Waals surface area contributed by atoms with Crippen LogP contribution in [0.15, 0.2) is 0 Å². The van der Waals surface area contributed by atoms with Crippen LogP contribution in [0.5, 0.6) is 0 Å². The van der Waals surface area contributed by atoms with Crippen molar-refractivity contribution in [3.05, 3.63) is 0 Å². The predicted octanol–water partition coefficient (Wildman–Crippen LogP) is 19.2. The topological polar surface area (TPSA) is 78.9 Å². The molecule has 1 unspecified atom stereocenters. The van der Waals surface area contributed by atoms with E-state index < -0.39 is 6.10 Å². The van der Waals surface area contributed by atoms with Crippen molar-refractivity contribution in [1.82, 2.24) is 0 Å². The van der Waals surface area contributed by atoms with Gasteiger partial charge in [-0.15, -0.1) is 0 Å². The molecule has 0 aromatic heterocycles. The van der Waals surface area contributed by atoms with Crippen molar-refractivity contribution in [2.45, 2.75) is 341 Å². The summed E-state index contributed by atoms with van der Waals surface area (Å²) < 4.78 is 16.9. The Morgan fingerprint density at radius 3 is 0.625 bits per heavy atom. The molecule has 0 rings (SSSR count). The van der Waals surface area contributed by atoms with Crippen LogP contribution in [0.1, 0.15) is 335 Å². The third-order valence-corrected chi connectivity index (χ3v) is 13.4. The summed E-state index contributed by atoms with van der Waals surface area (Å²) in [6, 6.07) is 0. The molecule has 0 saturated carbocycles. The van der Waals surface area contributed by atoms with Gasteiger partial charge >= 0.3 is 17.9 Å². The molecule has 0 amide bonds. The molecule has 0 bridgehead atoms. The molecule has 6 heteroatoms. The smallest absolute Gasteiger partial charge is 0.306 e. The second-order valence-corrected chi connectivity index (χ2v) is 19.9. The highest BCUT2D eigenvalue weighted by Crippen LogP contribution is 2.18. The first-order valence-corrected chi connectivity index (χ1v) is 29.0. The maximum atomic E-state index is 12.8. The molecule has 64 heavy (non-hydrogen) atoms. The van der Waals surface area contributed by atoms with Crippen molar-refractivity contribution in [3.63, 3.8) is 0 Å². The van der Waals surface area contributed by atoms with Gasteiger partial charge in [0.15, 0.2) is 6.10 Å². The molecular weight excluding hydrogens is 793 g/mol. The Kier molecular flexibility index (Phi) is 52.7. The van der Waals surface area contributed by atoms with E-state index in [2.05, 4.69) is 20.8 Å². The van der Waals surface area contributed by atoms with Crippen molar-refractivity contribution < 1.29 is 28.6 Å². The maximum Gasteiger partial charge on any atom is 0.306 e. The van der Waals surface area contributed by atoms with Gasteiger partial charge in [0.05, 0.1) is 0 Å². The minimum atomic E-state index is -0.760. The largest absolute Gasteiger partial charge is 0.462 e. The summed E-state index contributed by atoms with van der Waals surface area (Å²) in [4.78, 5) is 38.1. The zero-order valence-electron chi connectivity index (χ0n) is 43.6. The average molecular weight is 906 g/mol. The van der Waals surface area contributed by atoms with Crippen LogP contribution in [0.3, 0.4) is 0 Å². The van der Waals surface area contributed by atoms with Gasteiger partial charge in [0.25, 0.3) is 0 Å². The van der Waals surface area contributed by atoms with Crippen LogP contribution in [0.4, 0.5) is 0 Å². The maximum absolute atomic E-state index is 12.8. The van der Waals surface area contributed by atoms with Crippen LogP contribution >= 0.6 is 0 Å². The SMILES string of the molecule is CCCCCCCCCCCCCCCCCCCCCCC(=O)OCC(COC(=O)CCCCCCCCCCCCCCC)OC(=O)CCCCCCCCCCCCCCC. The summed E-state index contributed by atoms with van der Waals surface area (Å²) >= 11 is 0. The number of carbonyl (C=O) groups excluding carboxylic acids is 3. The Balaban J connectivity index is 4.23. The first-order valence-electron chi connectivity index (χ1n) is 29.0. The Morgan fingerprint density at radius 1 is 0.250 bits per heavy atom. The molecule has 6 nitrogen and oxygen atoms in total. The van der Waals surface area contributed by atoms with Crippen LogP contribution in [0, 0.1) is 0 Å². The molecule has 380 valence electrons. The van der Waals surface area contributed by atoms with E-state index >= 15 is 0 Å². The Labute approximate surface area is 399 Å². The fraction of sp³-hybridized carbons (Fsp3) is 0.948. The summed E-state index contributed by atoms with van der Waals surface area (Å²) in [7, 11) is 0. The lowest BCUT2D eigenvalue weighted by Crippen LogP contribution is -2.30.